The lowest BCUT2D eigenvalue weighted by Gasteiger charge is -2.42. The molecule has 0 saturated carbocycles. The molecule has 3 heterocycles. The summed E-state index contributed by atoms with van der Waals surface area (Å²) in [5, 5.41) is 3.35. The van der Waals surface area contributed by atoms with E-state index in [1.54, 1.807) is 18.1 Å². The Labute approximate surface area is 190 Å². The van der Waals surface area contributed by atoms with Gasteiger partial charge in [-0.3, -0.25) is 9.59 Å². The van der Waals surface area contributed by atoms with Crippen LogP contribution in [0.5, 0.6) is 0 Å². The number of amides is 2. The van der Waals surface area contributed by atoms with Gasteiger partial charge in [0.2, 0.25) is 5.91 Å². The number of rotatable bonds is 4. The van der Waals surface area contributed by atoms with Crippen LogP contribution in [-0.2, 0) is 4.79 Å². The number of pyridine rings is 1. The molecule has 0 bridgehead atoms. The number of hydrogen-bond acceptors (Lipinski definition) is 5. The predicted octanol–water partition coefficient (Wildman–Crippen LogP) is 4.28. The monoisotopic (exact) mass is 435 g/mol. The Balaban J connectivity index is 1.58. The van der Waals surface area contributed by atoms with Crippen LogP contribution in [-0.4, -0.2) is 53.9 Å². The third-order valence-corrected chi connectivity index (χ3v) is 6.49. The zero-order valence-electron chi connectivity index (χ0n) is 19.6. The number of carbonyl (C=O) groups excluding carboxylic acids is 2. The zero-order valence-corrected chi connectivity index (χ0v) is 19.6. The van der Waals surface area contributed by atoms with Gasteiger partial charge in [-0.15, -0.1) is 0 Å². The van der Waals surface area contributed by atoms with E-state index in [9.17, 15) is 9.59 Å². The maximum absolute atomic E-state index is 13.0. The van der Waals surface area contributed by atoms with Crippen molar-refractivity contribution in [2.24, 2.45) is 5.92 Å². The molecule has 0 radical (unpaired) electrons. The summed E-state index contributed by atoms with van der Waals surface area (Å²) in [6.07, 6.45) is 3.98. The van der Waals surface area contributed by atoms with Crippen LogP contribution in [0.4, 0.5) is 22.9 Å². The van der Waals surface area contributed by atoms with Crippen LogP contribution in [0.25, 0.3) is 0 Å². The Bertz CT molecular complexity index is 1020. The zero-order chi connectivity index (χ0) is 23.0. The van der Waals surface area contributed by atoms with E-state index in [4.69, 9.17) is 0 Å². The minimum atomic E-state index is -0.240. The number of hydrogen-bond donors (Lipinski definition) is 1. The van der Waals surface area contributed by atoms with Crippen molar-refractivity contribution in [1.82, 2.24) is 9.88 Å². The van der Waals surface area contributed by atoms with Crippen LogP contribution in [0.1, 0.15) is 50.9 Å². The van der Waals surface area contributed by atoms with Gasteiger partial charge in [-0.2, -0.15) is 0 Å². The van der Waals surface area contributed by atoms with E-state index in [0.29, 0.717) is 17.3 Å². The number of likely N-dealkylation sites (N-methyl/N-ethyl adjacent to an activating group) is 1. The molecule has 1 N–H and O–H groups in total. The molecule has 2 atom stereocenters. The quantitative estimate of drug-likeness (QED) is 0.776. The predicted molar refractivity (Wildman–Crippen MR) is 129 cm³/mol. The number of aromatic nitrogens is 1. The molecule has 2 amide bonds. The Morgan fingerprint density at radius 1 is 1.19 bits per heavy atom. The Morgan fingerprint density at radius 2 is 1.97 bits per heavy atom. The molecule has 2 unspecified atom stereocenters. The summed E-state index contributed by atoms with van der Waals surface area (Å²) in [4.78, 5) is 35.9. The molecule has 7 nitrogen and oxygen atoms in total. The van der Waals surface area contributed by atoms with Crippen molar-refractivity contribution in [2.45, 2.75) is 52.6 Å². The van der Waals surface area contributed by atoms with Crippen molar-refractivity contribution in [3.8, 4) is 0 Å². The third-order valence-electron chi connectivity index (χ3n) is 6.49. The summed E-state index contributed by atoms with van der Waals surface area (Å²) in [6.45, 7) is 9.95. The summed E-state index contributed by atoms with van der Waals surface area (Å²) < 4.78 is 0. The number of likely N-dealkylation sites (tertiary alicyclic amines) is 1. The number of piperidine rings is 1. The van der Waals surface area contributed by atoms with Crippen LogP contribution in [0.15, 0.2) is 36.5 Å². The Kier molecular flexibility index (Phi) is 6.09. The first-order chi connectivity index (χ1) is 15.3. The molecule has 1 aromatic heterocycles. The molecule has 1 saturated heterocycles. The lowest BCUT2D eigenvalue weighted by molar-refractivity contribution is -0.119. The Morgan fingerprint density at radius 3 is 2.69 bits per heavy atom. The van der Waals surface area contributed by atoms with Gasteiger partial charge in [0.25, 0.3) is 5.91 Å². The van der Waals surface area contributed by atoms with Gasteiger partial charge in [0.15, 0.2) is 0 Å². The molecule has 1 fully saturated rings. The molecular weight excluding hydrogens is 402 g/mol. The second-order valence-corrected chi connectivity index (χ2v) is 9.34. The van der Waals surface area contributed by atoms with Crippen LogP contribution in [0.2, 0.25) is 0 Å². The average molecular weight is 436 g/mol. The maximum atomic E-state index is 13.0. The van der Waals surface area contributed by atoms with Crippen LogP contribution < -0.4 is 15.1 Å². The maximum Gasteiger partial charge on any atom is 0.253 e. The molecule has 2 aliphatic rings. The standard InChI is InChI=1S/C25H33N5O2/c1-16(2)30-18(4)24(31)28(5)22-14-26-23(13-21(22)30)27-20-10-6-9-19(12-20)25(32)29-11-7-8-17(3)15-29/h6,9-10,12-14,16-18H,7-8,11,15H2,1-5H3,(H,26,27). The summed E-state index contributed by atoms with van der Waals surface area (Å²) in [5.41, 5.74) is 3.28. The highest BCUT2D eigenvalue weighted by Gasteiger charge is 2.35. The lowest BCUT2D eigenvalue weighted by atomic mass is 9.99. The molecule has 1 aromatic carbocycles. The van der Waals surface area contributed by atoms with E-state index < -0.39 is 0 Å². The molecule has 32 heavy (non-hydrogen) atoms. The number of fused-ring (bicyclic) bond motifs is 1. The number of benzene rings is 1. The van der Waals surface area contributed by atoms with Crippen molar-refractivity contribution in [2.75, 3.05) is 35.3 Å². The highest BCUT2D eigenvalue weighted by molar-refractivity contribution is 6.05. The van der Waals surface area contributed by atoms with Gasteiger partial charge in [0.1, 0.15) is 11.9 Å². The summed E-state index contributed by atoms with van der Waals surface area (Å²) in [6, 6.07) is 9.51. The summed E-state index contributed by atoms with van der Waals surface area (Å²) >= 11 is 0. The first kappa shape index (κ1) is 22.1. The van der Waals surface area contributed by atoms with E-state index in [-0.39, 0.29) is 23.9 Å². The molecule has 2 aromatic rings. The topological polar surface area (TPSA) is 68.8 Å². The van der Waals surface area contributed by atoms with E-state index >= 15 is 0 Å². The second-order valence-electron chi connectivity index (χ2n) is 9.34. The van der Waals surface area contributed by atoms with E-state index in [0.717, 1.165) is 36.6 Å². The normalized spacial score (nSPS) is 21.1. The number of nitrogens with zero attached hydrogens (tertiary/aromatic N) is 4. The van der Waals surface area contributed by atoms with E-state index in [1.807, 2.05) is 42.2 Å². The summed E-state index contributed by atoms with van der Waals surface area (Å²) in [7, 11) is 1.79. The largest absolute Gasteiger partial charge is 0.355 e. The molecule has 170 valence electrons. The fraction of sp³-hybridized carbons (Fsp3) is 0.480. The number of carbonyl (C=O) groups is 2. The average Bonchev–Trinajstić information content (AvgIpc) is 2.77. The van der Waals surface area contributed by atoms with Gasteiger partial charge in [-0.05, 0) is 57.7 Å². The minimum absolute atomic E-state index is 0.0620. The van der Waals surface area contributed by atoms with Crippen LogP contribution in [0.3, 0.4) is 0 Å². The molecule has 7 heteroatoms. The molecule has 2 aliphatic heterocycles. The first-order valence-corrected chi connectivity index (χ1v) is 11.5. The van der Waals surface area contributed by atoms with Crippen LogP contribution in [0, 0.1) is 5.92 Å². The highest BCUT2D eigenvalue weighted by atomic mass is 16.2. The van der Waals surface area contributed by atoms with E-state index in [1.165, 1.54) is 6.42 Å². The van der Waals surface area contributed by atoms with Crippen molar-refractivity contribution in [1.29, 1.82) is 0 Å². The van der Waals surface area contributed by atoms with Crippen molar-refractivity contribution < 1.29 is 9.59 Å². The molecule has 0 spiro atoms. The van der Waals surface area contributed by atoms with Gasteiger partial charge in [-0.25, -0.2) is 4.98 Å². The lowest BCUT2D eigenvalue weighted by Crippen LogP contribution is -2.53. The SMILES string of the molecule is CC1CCCN(C(=O)c2cccc(Nc3cc4c(cn3)N(C)C(=O)C(C)N4C(C)C)c2)C1. The smallest absolute Gasteiger partial charge is 0.253 e. The van der Waals surface area contributed by atoms with Gasteiger partial charge < -0.3 is 20.0 Å². The van der Waals surface area contributed by atoms with Gasteiger partial charge >= 0.3 is 0 Å². The van der Waals surface area contributed by atoms with Gasteiger partial charge in [-0.1, -0.05) is 13.0 Å². The van der Waals surface area contributed by atoms with Crippen molar-refractivity contribution in [3.05, 3.63) is 42.1 Å². The Hall–Kier alpha value is -3.09. The van der Waals surface area contributed by atoms with Crippen molar-refractivity contribution in [3.63, 3.8) is 0 Å². The minimum Gasteiger partial charge on any atom is -0.355 e. The van der Waals surface area contributed by atoms with Crippen molar-refractivity contribution >= 4 is 34.7 Å². The summed E-state index contributed by atoms with van der Waals surface area (Å²) in [5.74, 6) is 1.37. The third kappa shape index (κ3) is 4.16. The number of nitrogens with one attached hydrogen (secondary N) is 1. The molecule has 0 aliphatic carbocycles. The second kappa shape index (κ2) is 8.81. The fourth-order valence-electron chi connectivity index (χ4n) is 4.86. The number of anilines is 4. The molecule has 4 rings (SSSR count). The first-order valence-electron chi connectivity index (χ1n) is 11.5. The fourth-order valence-corrected chi connectivity index (χ4v) is 4.86. The van der Waals surface area contributed by atoms with Gasteiger partial charge in [0.05, 0.1) is 17.6 Å². The van der Waals surface area contributed by atoms with Gasteiger partial charge in [0, 0.05) is 43.5 Å². The highest BCUT2D eigenvalue weighted by Crippen LogP contribution is 2.38. The van der Waals surface area contributed by atoms with Crippen LogP contribution >= 0.6 is 0 Å². The van der Waals surface area contributed by atoms with E-state index in [2.05, 4.69) is 36.0 Å². The molecular formula is C25H33N5O2.